The third kappa shape index (κ3) is 6.48. The predicted molar refractivity (Wildman–Crippen MR) is 88.7 cm³/mol. The molecule has 6 heteroatoms. The van der Waals surface area contributed by atoms with Crippen molar-refractivity contribution >= 4 is 11.9 Å². The molecule has 2 rings (SSSR count). The van der Waals surface area contributed by atoms with Crippen LogP contribution in [0.5, 0.6) is 5.75 Å². The van der Waals surface area contributed by atoms with Crippen LogP contribution < -0.4 is 10.1 Å². The van der Waals surface area contributed by atoms with Crippen LogP contribution in [-0.4, -0.2) is 36.6 Å². The van der Waals surface area contributed by atoms with Gasteiger partial charge in [0.25, 0.3) is 5.91 Å². The number of carbonyl (C=O) groups excluding carboxylic acids is 2. The maximum Gasteiger partial charge on any atom is 0.305 e. The fourth-order valence-electron chi connectivity index (χ4n) is 1.93. The van der Waals surface area contributed by atoms with Crippen LogP contribution in [0.3, 0.4) is 0 Å². The molecule has 0 saturated heterocycles. The second-order valence-electron chi connectivity index (χ2n) is 4.98. The molecule has 0 radical (unpaired) electrons. The van der Waals surface area contributed by atoms with Crippen LogP contribution in [0.15, 0.2) is 54.9 Å². The van der Waals surface area contributed by atoms with E-state index in [0.29, 0.717) is 18.6 Å². The molecule has 0 atom stereocenters. The van der Waals surface area contributed by atoms with E-state index < -0.39 is 0 Å². The number of hydrogen-bond donors (Lipinski definition) is 1. The van der Waals surface area contributed by atoms with Crippen molar-refractivity contribution in [2.24, 2.45) is 0 Å². The molecule has 0 saturated carbocycles. The van der Waals surface area contributed by atoms with Gasteiger partial charge in [-0.2, -0.15) is 0 Å². The van der Waals surface area contributed by atoms with Crippen LogP contribution >= 0.6 is 0 Å². The zero-order chi connectivity index (χ0) is 17.0. The summed E-state index contributed by atoms with van der Waals surface area (Å²) in [6.07, 6.45) is 3.96. The standard InChI is InChI=1S/C18H20N2O4/c21-17(7-4-13-23-16-5-2-1-3-6-16)24-14-12-20-18(22)15-8-10-19-11-9-15/h1-3,5-6,8-11H,4,7,12-14H2,(H,20,22). The Hall–Kier alpha value is -2.89. The number of amides is 1. The summed E-state index contributed by atoms with van der Waals surface area (Å²) in [7, 11) is 0. The van der Waals surface area contributed by atoms with Gasteiger partial charge in [0.1, 0.15) is 12.4 Å². The van der Waals surface area contributed by atoms with Crippen molar-refractivity contribution in [3.8, 4) is 5.75 Å². The lowest BCUT2D eigenvalue weighted by Crippen LogP contribution is -2.28. The molecule has 1 heterocycles. The summed E-state index contributed by atoms with van der Waals surface area (Å²) >= 11 is 0. The topological polar surface area (TPSA) is 77.5 Å². The molecule has 1 aromatic heterocycles. The van der Waals surface area contributed by atoms with Crippen molar-refractivity contribution in [1.29, 1.82) is 0 Å². The minimum Gasteiger partial charge on any atom is -0.494 e. The number of pyridine rings is 1. The SMILES string of the molecule is O=C(CCCOc1ccccc1)OCCNC(=O)c1ccncc1. The molecule has 0 fully saturated rings. The minimum atomic E-state index is -0.301. The first-order valence-electron chi connectivity index (χ1n) is 7.77. The van der Waals surface area contributed by atoms with Crippen molar-refractivity contribution < 1.29 is 19.1 Å². The molecular weight excluding hydrogens is 308 g/mol. The van der Waals surface area contributed by atoms with Crippen molar-refractivity contribution in [2.45, 2.75) is 12.8 Å². The summed E-state index contributed by atoms with van der Waals surface area (Å²) in [5.74, 6) is 0.263. The summed E-state index contributed by atoms with van der Waals surface area (Å²) in [5, 5.41) is 2.67. The van der Waals surface area contributed by atoms with E-state index in [1.807, 2.05) is 30.3 Å². The molecule has 0 aliphatic rings. The van der Waals surface area contributed by atoms with E-state index in [9.17, 15) is 9.59 Å². The number of rotatable bonds is 9. The number of ether oxygens (including phenoxy) is 2. The van der Waals surface area contributed by atoms with Gasteiger partial charge < -0.3 is 14.8 Å². The lowest BCUT2D eigenvalue weighted by molar-refractivity contribution is -0.143. The minimum absolute atomic E-state index is 0.148. The van der Waals surface area contributed by atoms with Gasteiger partial charge in [0.2, 0.25) is 0 Å². The van der Waals surface area contributed by atoms with Gasteiger partial charge >= 0.3 is 5.97 Å². The molecule has 24 heavy (non-hydrogen) atoms. The molecule has 0 bridgehead atoms. The lowest BCUT2D eigenvalue weighted by Gasteiger charge is -2.07. The van der Waals surface area contributed by atoms with Crippen LogP contribution in [-0.2, 0) is 9.53 Å². The molecule has 0 aliphatic carbocycles. The monoisotopic (exact) mass is 328 g/mol. The van der Waals surface area contributed by atoms with Crippen LogP contribution in [0.1, 0.15) is 23.2 Å². The number of carbonyl (C=O) groups is 2. The Morgan fingerprint density at radius 2 is 1.75 bits per heavy atom. The van der Waals surface area contributed by atoms with Gasteiger partial charge in [0, 0.05) is 24.4 Å². The Balaban J connectivity index is 1.51. The number of hydrogen-bond acceptors (Lipinski definition) is 5. The third-order valence-electron chi connectivity index (χ3n) is 3.13. The van der Waals surface area contributed by atoms with Gasteiger partial charge in [-0.25, -0.2) is 0 Å². The first kappa shape index (κ1) is 17.5. The van der Waals surface area contributed by atoms with E-state index in [4.69, 9.17) is 9.47 Å². The number of para-hydroxylation sites is 1. The maximum absolute atomic E-state index is 11.7. The largest absolute Gasteiger partial charge is 0.494 e. The molecule has 1 amide bonds. The number of nitrogens with one attached hydrogen (secondary N) is 1. The Morgan fingerprint density at radius 1 is 1.00 bits per heavy atom. The van der Waals surface area contributed by atoms with E-state index in [2.05, 4.69) is 10.3 Å². The van der Waals surface area contributed by atoms with Gasteiger partial charge in [-0.15, -0.1) is 0 Å². The van der Waals surface area contributed by atoms with Crippen molar-refractivity contribution in [3.63, 3.8) is 0 Å². The summed E-state index contributed by atoms with van der Waals surface area (Å²) in [6.45, 7) is 0.875. The Bertz CT molecular complexity index is 632. The molecule has 0 unspecified atom stereocenters. The molecular formula is C18H20N2O4. The van der Waals surface area contributed by atoms with Gasteiger partial charge in [-0.05, 0) is 30.7 Å². The van der Waals surface area contributed by atoms with Gasteiger partial charge in [-0.1, -0.05) is 18.2 Å². The summed E-state index contributed by atoms with van der Waals surface area (Å²) in [6, 6.07) is 12.7. The summed E-state index contributed by atoms with van der Waals surface area (Å²) in [5.41, 5.74) is 0.523. The van der Waals surface area contributed by atoms with Gasteiger partial charge in [0.15, 0.2) is 0 Å². The number of esters is 1. The highest BCUT2D eigenvalue weighted by Crippen LogP contribution is 2.08. The van der Waals surface area contributed by atoms with Gasteiger partial charge in [-0.3, -0.25) is 14.6 Å². The zero-order valence-electron chi connectivity index (χ0n) is 13.3. The van der Waals surface area contributed by atoms with E-state index in [1.165, 1.54) is 0 Å². The second-order valence-corrected chi connectivity index (χ2v) is 4.98. The third-order valence-corrected chi connectivity index (χ3v) is 3.13. The molecule has 1 N–H and O–H groups in total. The van der Waals surface area contributed by atoms with E-state index in [0.717, 1.165) is 5.75 Å². The van der Waals surface area contributed by atoms with Crippen molar-refractivity contribution in [1.82, 2.24) is 10.3 Å². The number of benzene rings is 1. The second kappa shape index (κ2) is 9.99. The van der Waals surface area contributed by atoms with E-state index in [-0.39, 0.29) is 31.4 Å². The molecule has 1 aromatic carbocycles. The average molecular weight is 328 g/mol. The van der Waals surface area contributed by atoms with Crippen molar-refractivity contribution in [3.05, 3.63) is 60.4 Å². The first-order chi connectivity index (χ1) is 11.8. The summed E-state index contributed by atoms with van der Waals surface area (Å²) < 4.78 is 10.6. The molecule has 2 aromatic rings. The smallest absolute Gasteiger partial charge is 0.305 e. The lowest BCUT2D eigenvalue weighted by atomic mass is 10.2. The summed E-state index contributed by atoms with van der Waals surface area (Å²) in [4.78, 5) is 27.2. The number of nitrogens with zero attached hydrogens (tertiary/aromatic N) is 1. The molecule has 126 valence electrons. The Morgan fingerprint density at radius 3 is 2.50 bits per heavy atom. The normalized spacial score (nSPS) is 10.0. The quantitative estimate of drug-likeness (QED) is 0.564. The predicted octanol–water partition coefficient (Wildman–Crippen LogP) is 2.21. The fraction of sp³-hybridized carbons (Fsp3) is 0.278. The van der Waals surface area contributed by atoms with E-state index in [1.54, 1.807) is 24.5 Å². The number of aromatic nitrogens is 1. The Labute approximate surface area is 140 Å². The van der Waals surface area contributed by atoms with Crippen molar-refractivity contribution in [2.75, 3.05) is 19.8 Å². The van der Waals surface area contributed by atoms with E-state index >= 15 is 0 Å². The average Bonchev–Trinajstić information content (AvgIpc) is 2.64. The highest BCUT2D eigenvalue weighted by molar-refractivity contribution is 5.93. The van der Waals surface area contributed by atoms with Gasteiger partial charge in [0.05, 0.1) is 13.2 Å². The first-order valence-corrected chi connectivity index (χ1v) is 7.77. The highest BCUT2D eigenvalue weighted by Gasteiger charge is 2.06. The molecule has 6 nitrogen and oxygen atoms in total. The van der Waals surface area contributed by atoms with Crippen LogP contribution in [0, 0.1) is 0 Å². The van der Waals surface area contributed by atoms with Crippen LogP contribution in [0.25, 0.3) is 0 Å². The zero-order valence-corrected chi connectivity index (χ0v) is 13.3. The molecule has 0 aliphatic heterocycles. The highest BCUT2D eigenvalue weighted by atomic mass is 16.5. The van der Waals surface area contributed by atoms with Crippen LogP contribution in [0.4, 0.5) is 0 Å². The maximum atomic E-state index is 11.7. The molecule has 0 spiro atoms. The van der Waals surface area contributed by atoms with Crippen LogP contribution in [0.2, 0.25) is 0 Å². The Kier molecular flexibility index (Phi) is 7.27. The fourth-order valence-corrected chi connectivity index (χ4v) is 1.93.